The fourth-order valence-electron chi connectivity index (χ4n) is 2.71. The molecule has 0 saturated carbocycles. The van der Waals surface area contributed by atoms with Gasteiger partial charge >= 0.3 is 0 Å². The number of rotatable bonds is 7. The topological polar surface area (TPSA) is 79.2 Å². The Balaban J connectivity index is 2.30. The van der Waals surface area contributed by atoms with Crippen LogP contribution in [-0.4, -0.2) is 62.4 Å². The Morgan fingerprint density at radius 2 is 2.08 bits per heavy atom. The first-order valence-electron chi connectivity index (χ1n) is 8.44. The van der Waals surface area contributed by atoms with E-state index in [2.05, 4.69) is 16.5 Å². The minimum Gasteiger partial charge on any atom is -0.392 e. The number of hydrogen-bond donors (Lipinski definition) is 1. The number of allylic oxidation sites excluding steroid dienone is 2. The summed E-state index contributed by atoms with van der Waals surface area (Å²) in [7, 11) is -3.24. The molecular weight excluding hydrogens is 352 g/mol. The maximum atomic E-state index is 11.8. The SMILES string of the molecule is C=C(N=C(/C=C(\C)N1CCOCC1)CS(C)(=O)=O)c1cccc(CO)c1. The van der Waals surface area contributed by atoms with Crippen molar-refractivity contribution in [2.75, 3.05) is 38.3 Å². The summed E-state index contributed by atoms with van der Waals surface area (Å²) in [5, 5.41) is 9.27. The van der Waals surface area contributed by atoms with Gasteiger partial charge in [-0.3, -0.25) is 4.99 Å². The molecule has 1 aliphatic heterocycles. The maximum absolute atomic E-state index is 11.8. The van der Waals surface area contributed by atoms with E-state index in [1.165, 1.54) is 6.26 Å². The summed E-state index contributed by atoms with van der Waals surface area (Å²) in [6, 6.07) is 7.25. The van der Waals surface area contributed by atoms with Crippen LogP contribution in [-0.2, 0) is 21.2 Å². The predicted molar refractivity (Wildman–Crippen MR) is 105 cm³/mol. The lowest BCUT2D eigenvalue weighted by Crippen LogP contribution is -2.35. The largest absolute Gasteiger partial charge is 0.392 e. The van der Waals surface area contributed by atoms with Crippen LogP contribution in [0.15, 0.2) is 47.6 Å². The Labute approximate surface area is 155 Å². The van der Waals surface area contributed by atoms with Crippen LogP contribution < -0.4 is 0 Å². The molecule has 2 rings (SSSR count). The number of hydrogen-bond acceptors (Lipinski definition) is 6. The minimum absolute atomic E-state index is 0.0723. The van der Waals surface area contributed by atoms with Crippen molar-refractivity contribution in [2.24, 2.45) is 4.99 Å². The van der Waals surface area contributed by atoms with E-state index in [0.29, 0.717) is 24.6 Å². The average molecular weight is 378 g/mol. The number of morpholine rings is 1. The van der Waals surface area contributed by atoms with Gasteiger partial charge in [-0.15, -0.1) is 0 Å². The van der Waals surface area contributed by atoms with Crippen molar-refractivity contribution >= 4 is 21.2 Å². The van der Waals surface area contributed by atoms with Gasteiger partial charge in [0.05, 0.1) is 37.0 Å². The van der Waals surface area contributed by atoms with Crippen LogP contribution in [0.4, 0.5) is 0 Å². The summed E-state index contributed by atoms with van der Waals surface area (Å²) in [6.45, 7) is 8.69. The number of sulfone groups is 1. The van der Waals surface area contributed by atoms with Crippen LogP contribution in [0.1, 0.15) is 18.1 Å². The van der Waals surface area contributed by atoms with Crippen LogP contribution in [0, 0.1) is 0 Å². The third kappa shape index (κ3) is 6.40. The van der Waals surface area contributed by atoms with E-state index < -0.39 is 9.84 Å². The summed E-state index contributed by atoms with van der Waals surface area (Å²) < 4.78 is 29.0. The Kier molecular flexibility index (Phi) is 7.14. The zero-order valence-corrected chi connectivity index (χ0v) is 16.1. The lowest BCUT2D eigenvalue weighted by molar-refractivity contribution is 0.0538. The lowest BCUT2D eigenvalue weighted by atomic mass is 10.1. The summed E-state index contributed by atoms with van der Waals surface area (Å²) in [4.78, 5) is 6.62. The molecule has 0 atom stereocenters. The summed E-state index contributed by atoms with van der Waals surface area (Å²) in [6.07, 6.45) is 2.99. The zero-order valence-electron chi connectivity index (χ0n) is 15.3. The van der Waals surface area contributed by atoms with Gasteiger partial charge in [-0.05, 0) is 30.2 Å². The third-order valence-corrected chi connectivity index (χ3v) is 4.84. The summed E-state index contributed by atoms with van der Waals surface area (Å²) in [5.41, 5.74) is 3.36. The third-order valence-electron chi connectivity index (χ3n) is 4.02. The average Bonchev–Trinajstić information content (AvgIpc) is 2.61. The Hall–Kier alpha value is -1.96. The van der Waals surface area contributed by atoms with Crippen molar-refractivity contribution in [3.8, 4) is 0 Å². The quantitative estimate of drug-likeness (QED) is 0.733. The van der Waals surface area contributed by atoms with Crippen LogP contribution in [0.25, 0.3) is 5.70 Å². The molecule has 0 unspecified atom stereocenters. The number of aliphatic imine (C=N–C) groups is 1. The van der Waals surface area contributed by atoms with Crippen molar-refractivity contribution in [3.63, 3.8) is 0 Å². The first-order valence-corrected chi connectivity index (χ1v) is 10.5. The highest BCUT2D eigenvalue weighted by Gasteiger charge is 2.14. The Morgan fingerprint density at radius 3 is 2.69 bits per heavy atom. The van der Waals surface area contributed by atoms with Crippen LogP contribution >= 0.6 is 0 Å². The first kappa shape index (κ1) is 20.4. The summed E-state index contributed by atoms with van der Waals surface area (Å²) >= 11 is 0. The molecule has 0 aliphatic carbocycles. The molecule has 142 valence electrons. The molecule has 0 bridgehead atoms. The van der Waals surface area contributed by atoms with E-state index in [1.54, 1.807) is 18.2 Å². The molecule has 0 aromatic heterocycles. The molecule has 1 aromatic carbocycles. The first-order chi connectivity index (χ1) is 12.3. The second-order valence-corrected chi connectivity index (χ2v) is 8.50. The fraction of sp³-hybridized carbons (Fsp3) is 0.421. The van der Waals surface area contributed by atoms with Gasteiger partial charge in [0, 0.05) is 25.0 Å². The van der Waals surface area contributed by atoms with Crippen molar-refractivity contribution in [2.45, 2.75) is 13.5 Å². The maximum Gasteiger partial charge on any atom is 0.153 e. The minimum atomic E-state index is -3.24. The van der Waals surface area contributed by atoms with Crippen molar-refractivity contribution in [1.82, 2.24) is 4.90 Å². The van der Waals surface area contributed by atoms with Gasteiger partial charge < -0.3 is 14.7 Å². The standard InChI is InChI=1S/C19H26N2O4S/c1-15(21-7-9-25-10-8-21)11-19(14-26(3,23)24)20-16(2)18-6-4-5-17(12-18)13-22/h4-6,11-12,22H,2,7-10,13-14H2,1,3H3/b15-11+,20-19?. The predicted octanol–water partition coefficient (Wildman–Crippen LogP) is 1.87. The van der Waals surface area contributed by atoms with Crippen LogP contribution in [0.2, 0.25) is 0 Å². The second kappa shape index (κ2) is 9.12. The second-order valence-electron chi connectivity index (χ2n) is 6.36. The molecule has 1 aliphatic rings. The smallest absolute Gasteiger partial charge is 0.153 e. The molecule has 0 amide bonds. The normalized spacial score (nSPS) is 16.7. The Bertz CT molecular complexity index is 807. The van der Waals surface area contributed by atoms with Gasteiger partial charge in [0.1, 0.15) is 0 Å². The number of aliphatic hydroxyl groups excluding tert-OH is 1. The van der Waals surface area contributed by atoms with Crippen LogP contribution in [0.5, 0.6) is 0 Å². The van der Waals surface area contributed by atoms with E-state index in [9.17, 15) is 13.5 Å². The van der Waals surface area contributed by atoms with Gasteiger partial charge in [-0.25, -0.2) is 8.42 Å². The number of aliphatic hydroxyl groups is 1. The molecule has 1 heterocycles. The van der Waals surface area contributed by atoms with Gasteiger partial charge in [-0.2, -0.15) is 0 Å². The molecule has 6 nitrogen and oxygen atoms in total. The molecule has 26 heavy (non-hydrogen) atoms. The molecule has 1 fully saturated rings. The number of benzene rings is 1. The fourth-order valence-corrected chi connectivity index (χ4v) is 3.40. The van der Waals surface area contributed by atoms with E-state index >= 15 is 0 Å². The van der Waals surface area contributed by atoms with Gasteiger partial charge in [0.2, 0.25) is 0 Å². The number of ether oxygens (including phenoxy) is 1. The highest BCUT2D eigenvalue weighted by atomic mass is 32.2. The number of nitrogens with zero attached hydrogens (tertiary/aromatic N) is 2. The molecule has 7 heteroatoms. The molecular formula is C19H26N2O4S. The van der Waals surface area contributed by atoms with Crippen molar-refractivity contribution in [3.05, 3.63) is 53.7 Å². The lowest BCUT2D eigenvalue weighted by Gasteiger charge is -2.29. The van der Waals surface area contributed by atoms with E-state index in [4.69, 9.17) is 4.74 Å². The van der Waals surface area contributed by atoms with Gasteiger partial charge in [0.25, 0.3) is 0 Å². The van der Waals surface area contributed by atoms with Crippen molar-refractivity contribution in [1.29, 1.82) is 0 Å². The van der Waals surface area contributed by atoms with Gasteiger partial charge in [-0.1, -0.05) is 24.8 Å². The van der Waals surface area contributed by atoms with E-state index in [1.807, 2.05) is 19.1 Å². The monoisotopic (exact) mass is 378 g/mol. The van der Waals surface area contributed by atoms with Crippen LogP contribution in [0.3, 0.4) is 0 Å². The Morgan fingerprint density at radius 1 is 1.38 bits per heavy atom. The highest BCUT2D eigenvalue weighted by molar-refractivity contribution is 7.91. The highest BCUT2D eigenvalue weighted by Crippen LogP contribution is 2.17. The van der Waals surface area contributed by atoms with E-state index in [-0.39, 0.29) is 12.4 Å². The molecule has 0 radical (unpaired) electrons. The molecule has 0 spiro atoms. The van der Waals surface area contributed by atoms with Crippen molar-refractivity contribution < 1.29 is 18.3 Å². The molecule has 1 N–H and O–H groups in total. The zero-order chi connectivity index (χ0) is 19.2. The van der Waals surface area contributed by atoms with E-state index in [0.717, 1.165) is 29.9 Å². The summed E-state index contributed by atoms with van der Waals surface area (Å²) in [5.74, 6) is -0.159. The molecule has 1 saturated heterocycles. The van der Waals surface area contributed by atoms with Gasteiger partial charge in [0.15, 0.2) is 9.84 Å². The molecule has 1 aromatic rings.